The lowest BCUT2D eigenvalue weighted by Gasteiger charge is -2.49. The summed E-state index contributed by atoms with van der Waals surface area (Å²) in [4.78, 5) is 0. The van der Waals surface area contributed by atoms with Crippen molar-refractivity contribution in [3.8, 4) is 17.2 Å². The lowest BCUT2D eigenvalue weighted by Crippen LogP contribution is -2.42. The molecule has 42 heavy (non-hydrogen) atoms. The summed E-state index contributed by atoms with van der Waals surface area (Å²) < 4.78 is 65.8. The molecule has 0 aromatic heterocycles. The van der Waals surface area contributed by atoms with Gasteiger partial charge in [-0.15, -0.1) is 0 Å². The molecule has 0 saturated heterocycles. The highest BCUT2D eigenvalue weighted by molar-refractivity contribution is 5.93. The largest absolute Gasteiger partial charge is 0.508 e. The molecule has 0 heterocycles. The van der Waals surface area contributed by atoms with E-state index in [1.807, 2.05) is 6.07 Å². The number of benzene rings is 3. The van der Waals surface area contributed by atoms with Gasteiger partial charge >= 0.3 is 0 Å². The van der Waals surface area contributed by atoms with Crippen LogP contribution in [0.5, 0.6) is 17.2 Å². The van der Waals surface area contributed by atoms with Gasteiger partial charge in [-0.05, 0) is 103 Å². The molecule has 9 heteroatoms. The van der Waals surface area contributed by atoms with Crippen molar-refractivity contribution in [1.29, 1.82) is 0 Å². The molecule has 3 aliphatic rings. The number of methoxy groups -OCH3 is 1. The Labute approximate surface area is 241 Å². The summed E-state index contributed by atoms with van der Waals surface area (Å²) in [6.07, 6.45) is 7.79. The first-order valence-corrected chi connectivity index (χ1v) is 14.2. The highest BCUT2D eigenvalue weighted by atomic mass is 19.2. The zero-order valence-electron chi connectivity index (χ0n) is 23.5. The minimum Gasteiger partial charge on any atom is -0.508 e. The summed E-state index contributed by atoms with van der Waals surface area (Å²) in [5.74, 6) is -5.06. The maximum absolute atomic E-state index is 14.1. The number of halogens is 4. The molecular weight excluding hydrogens is 548 g/mol. The SMILES string of the molecule is COc1ccc(C=NN=C2CC[C@@H]3[C@@H]4CCc5cc(O)ccc5[C@H]4CC[C@]23C)cc1COc1c(F)c(F)cc(F)c1F. The van der Waals surface area contributed by atoms with E-state index in [1.54, 1.807) is 30.5 Å². The Balaban J connectivity index is 1.18. The van der Waals surface area contributed by atoms with E-state index in [4.69, 9.17) is 9.47 Å². The highest BCUT2D eigenvalue weighted by Gasteiger charge is 2.53. The quantitative estimate of drug-likeness (QED) is 0.140. The van der Waals surface area contributed by atoms with E-state index < -0.39 is 29.0 Å². The van der Waals surface area contributed by atoms with Crippen LogP contribution in [0.2, 0.25) is 0 Å². The van der Waals surface area contributed by atoms with Gasteiger partial charge in [-0.25, -0.2) is 8.78 Å². The predicted molar refractivity (Wildman–Crippen MR) is 151 cm³/mol. The molecule has 0 spiro atoms. The van der Waals surface area contributed by atoms with Gasteiger partial charge in [-0.3, -0.25) is 0 Å². The Morgan fingerprint density at radius 3 is 2.52 bits per heavy atom. The van der Waals surface area contributed by atoms with Crippen molar-refractivity contribution in [3.63, 3.8) is 0 Å². The van der Waals surface area contributed by atoms with Crippen LogP contribution in [-0.4, -0.2) is 24.1 Å². The van der Waals surface area contributed by atoms with E-state index in [1.165, 1.54) is 18.2 Å². The summed E-state index contributed by atoms with van der Waals surface area (Å²) in [5, 5.41) is 19.0. The number of hydrogen-bond acceptors (Lipinski definition) is 5. The van der Waals surface area contributed by atoms with Crippen LogP contribution in [0.4, 0.5) is 17.6 Å². The van der Waals surface area contributed by atoms with Crippen molar-refractivity contribution in [3.05, 3.63) is 88.0 Å². The first-order valence-electron chi connectivity index (χ1n) is 14.2. The van der Waals surface area contributed by atoms with Crippen molar-refractivity contribution in [1.82, 2.24) is 0 Å². The molecule has 5 nitrogen and oxygen atoms in total. The molecule has 4 atom stereocenters. The number of nitrogens with zero attached hydrogens (tertiary/aromatic N) is 2. The Morgan fingerprint density at radius 1 is 0.976 bits per heavy atom. The van der Waals surface area contributed by atoms with E-state index in [9.17, 15) is 22.7 Å². The lowest BCUT2D eigenvalue weighted by atomic mass is 9.55. The molecule has 0 radical (unpaired) electrons. The van der Waals surface area contributed by atoms with Gasteiger partial charge < -0.3 is 14.6 Å². The van der Waals surface area contributed by atoms with Crippen molar-refractivity contribution in [2.75, 3.05) is 7.11 Å². The second-order valence-corrected chi connectivity index (χ2v) is 11.7. The van der Waals surface area contributed by atoms with Gasteiger partial charge in [0.2, 0.25) is 11.6 Å². The van der Waals surface area contributed by atoms with Crippen LogP contribution in [0.15, 0.2) is 52.7 Å². The third-order valence-corrected chi connectivity index (χ3v) is 9.58. The number of ether oxygens (including phenoxy) is 2. The molecule has 2 fully saturated rings. The summed E-state index contributed by atoms with van der Waals surface area (Å²) >= 11 is 0. The average Bonchev–Trinajstić information content (AvgIpc) is 3.32. The summed E-state index contributed by atoms with van der Waals surface area (Å²) in [6, 6.07) is 11.0. The first kappa shape index (κ1) is 28.2. The molecule has 3 aliphatic carbocycles. The number of aryl methyl sites for hydroxylation is 1. The average molecular weight is 581 g/mol. The smallest absolute Gasteiger partial charge is 0.203 e. The molecule has 3 aromatic carbocycles. The fourth-order valence-corrected chi connectivity index (χ4v) is 7.51. The molecular formula is C33H32F4N2O3. The van der Waals surface area contributed by atoms with Crippen LogP contribution in [0.25, 0.3) is 0 Å². The van der Waals surface area contributed by atoms with Gasteiger partial charge in [0, 0.05) is 22.8 Å². The Kier molecular flexibility index (Phi) is 7.45. The monoisotopic (exact) mass is 580 g/mol. The molecule has 0 aliphatic heterocycles. The number of phenolic OH excluding ortho intramolecular Hbond substituents is 1. The number of fused-ring (bicyclic) bond motifs is 5. The maximum Gasteiger partial charge on any atom is 0.203 e. The molecule has 0 amide bonds. The van der Waals surface area contributed by atoms with Crippen LogP contribution in [0.1, 0.15) is 67.2 Å². The molecule has 1 N–H and O–H groups in total. The second kappa shape index (κ2) is 11.1. The Hall–Kier alpha value is -3.88. The summed E-state index contributed by atoms with van der Waals surface area (Å²) in [5.41, 5.74) is 4.83. The molecule has 0 bridgehead atoms. The number of rotatable bonds is 6. The van der Waals surface area contributed by atoms with Crippen molar-refractivity contribution in [2.45, 2.75) is 58.0 Å². The number of aromatic hydroxyl groups is 1. The van der Waals surface area contributed by atoms with E-state index >= 15 is 0 Å². The van der Waals surface area contributed by atoms with Crippen LogP contribution in [0, 0.1) is 40.5 Å². The molecule has 2 saturated carbocycles. The molecule has 3 aromatic rings. The first-order chi connectivity index (χ1) is 20.2. The third kappa shape index (κ3) is 4.92. The zero-order valence-corrected chi connectivity index (χ0v) is 23.5. The van der Waals surface area contributed by atoms with Crippen molar-refractivity contribution >= 4 is 11.9 Å². The van der Waals surface area contributed by atoms with E-state index in [0.717, 1.165) is 44.2 Å². The van der Waals surface area contributed by atoms with Crippen LogP contribution >= 0.6 is 0 Å². The predicted octanol–water partition coefficient (Wildman–Crippen LogP) is 7.87. The standard InChI is InChI=1S/C33H32F4N2O3/c1-33-12-11-23-22-7-5-21(40)14-19(22)4-6-24(23)25(33)8-10-29(33)39-38-16-18-3-9-28(41-2)20(13-18)17-42-32-30(36)26(34)15-27(35)31(32)37/h3,5,7,9,13-16,23-25,40H,4,6,8,10-12,17H2,1-2H3/t23-,24-,25-,33+/m1/s1. The molecule has 0 unspecified atom stereocenters. The minimum atomic E-state index is -1.60. The van der Waals surface area contributed by atoms with E-state index in [-0.39, 0.29) is 18.1 Å². The third-order valence-electron chi connectivity index (χ3n) is 9.58. The van der Waals surface area contributed by atoms with Crippen LogP contribution in [0.3, 0.4) is 0 Å². The van der Waals surface area contributed by atoms with Crippen LogP contribution < -0.4 is 9.47 Å². The van der Waals surface area contributed by atoms with Crippen molar-refractivity contribution in [2.24, 2.45) is 27.5 Å². The highest BCUT2D eigenvalue weighted by Crippen LogP contribution is 2.60. The van der Waals surface area contributed by atoms with E-state index in [2.05, 4.69) is 23.2 Å². The van der Waals surface area contributed by atoms with Gasteiger partial charge in [0.25, 0.3) is 0 Å². The molecule has 6 rings (SSSR count). The van der Waals surface area contributed by atoms with Gasteiger partial charge in [-0.2, -0.15) is 19.0 Å². The van der Waals surface area contributed by atoms with Gasteiger partial charge in [0.05, 0.1) is 13.3 Å². The zero-order chi connectivity index (χ0) is 29.6. The maximum atomic E-state index is 14.1. The minimum absolute atomic E-state index is 0.0137. The van der Waals surface area contributed by atoms with Gasteiger partial charge in [0.1, 0.15) is 18.1 Å². The van der Waals surface area contributed by atoms with Gasteiger partial charge in [-0.1, -0.05) is 13.0 Å². The second-order valence-electron chi connectivity index (χ2n) is 11.7. The Morgan fingerprint density at radius 2 is 1.76 bits per heavy atom. The topological polar surface area (TPSA) is 63.4 Å². The van der Waals surface area contributed by atoms with Crippen LogP contribution in [-0.2, 0) is 13.0 Å². The number of hydrogen-bond donors (Lipinski definition) is 1. The Bertz CT molecular complexity index is 1560. The van der Waals surface area contributed by atoms with Gasteiger partial charge in [0.15, 0.2) is 17.4 Å². The normalized spacial score (nSPS) is 25.8. The van der Waals surface area contributed by atoms with E-state index in [0.29, 0.717) is 40.4 Å². The van der Waals surface area contributed by atoms with Crippen molar-refractivity contribution < 1.29 is 32.1 Å². The summed E-state index contributed by atoms with van der Waals surface area (Å²) in [6.45, 7) is 1.93. The fraction of sp³-hybridized carbons (Fsp3) is 0.394. The fourth-order valence-electron chi connectivity index (χ4n) is 7.51. The number of phenols is 1. The lowest BCUT2D eigenvalue weighted by molar-refractivity contribution is 0.0955. The molecule has 220 valence electrons. The summed E-state index contributed by atoms with van der Waals surface area (Å²) in [7, 11) is 1.43.